The Balaban J connectivity index is 1.74. The molecule has 2 heterocycles. The number of fused-ring (bicyclic) bond motifs is 1. The lowest BCUT2D eigenvalue weighted by Gasteiger charge is -2.24. The van der Waals surface area contributed by atoms with Gasteiger partial charge in [-0.2, -0.15) is 13.2 Å². The van der Waals surface area contributed by atoms with E-state index < -0.39 is 30.0 Å². The smallest absolute Gasteiger partial charge is 0.416 e. The van der Waals surface area contributed by atoms with E-state index in [0.717, 1.165) is 23.1 Å². The van der Waals surface area contributed by atoms with Crippen molar-refractivity contribution in [2.24, 2.45) is 5.73 Å². The van der Waals surface area contributed by atoms with Crippen molar-refractivity contribution in [3.63, 3.8) is 0 Å². The molecule has 0 aliphatic rings. The molecule has 13 heteroatoms. The third-order valence-electron chi connectivity index (χ3n) is 5.47. The zero-order valence-electron chi connectivity index (χ0n) is 20.5. The average Bonchev–Trinajstić information content (AvgIpc) is 2.89. The molecule has 4 aromatic rings. The Morgan fingerprint density at radius 3 is 2.33 bits per heavy atom. The second-order valence-electron chi connectivity index (χ2n) is 8.04. The number of hydrogen-bond acceptors (Lipinski definition) is 7. The fourth-order valence-electron chi connectivity index (χ4n) is 3.74. The molecular weight excluding hydrogens is 541 g/mol. The summed E-state index contributed by atoms with van der Waals surface area (Å²) >= 11 is 6.43. The number of ether oxygens (including phenoxy) is 3. The number of anilines is 2. The van der Waals surface area contributed by atoms with Gasteiger partial charge in [-0.25, -0.2) is 4.98 Å². The summed E-state index contributed by atoms with van der Waals surface area (Å²) in [5.74, 6) is -0.689. The Morgan fingerprint density at radius 1 is 0.974 bits per heavy atom. The van der Waals surface area contributed by atoms with Gasteiger partial charge in [0.15, 0.2) is 11.5 Å². The van der Waals surface area contributed by atoms with Crippen LogP contribution in [0, 0.1) is 0 Å². The van der Waals surface area contributed by atoms with E-state index in [-0.39, 0.29) is 22.3 Å². The first-order valence-corrected chi connectivity index (χ1v) is 11.5. The number of methoxy groups -OCH3 is 2. The van der Waals surface area contributed by atoms with E-state index in [9.17, 15) is 22.8 Å². The van der Waals surface area contributed by atoms with E-state index in [0.29, 0.717) is 28.2 Å². The lowest BCUT2D eigenvalue weighted by atomic mass is 10.1. The van der Waals surface area contributed by atoms with Crippen molar-refractivity contribution < 1.29 is 37.0 Å². The Labute approximate surface area is 224 Å². The zero-order valence-corrected chi connectivity index (χ0v) is 21.2. The summed E-state index contributed by atoms with van der Waals surface area (Å²) in [6, 6.07) is 10.2. The summed E-state index contributed by atoms with van der Waals surface area (Å²) in [4.78, 5) is 33.7. The number of nitrogens with zero attached hydrogens (tertiary/aromatic N) is 3. The highest BCUT2D eigenvalue weighted by Gasteiger charge is 2.32. The van der Waals surface area contributed by atoms with E-state index in [4.69, 9.17) is 31.5 Å². The van der Waals surface area contributed by atoms with Gasteiger partial charge in [-0.15, -0.1) is 0 Å². The second kappa shape index (κ2) is 11.0. The van der Waals surface area contributed by atoms with Crippen LogP contribution in [0.2, 0.25) is 5.02 Å². The minimum Gasteiger partial charge on any atom is -0.493 e. The molecule has 0 bridgehead atoms. The highest BCUT2D eigenvalue weighted by Crippen LogP contribution is 2.39. The van der Waals surface area contributed by atoms with Crippen LogP contribution in [0.5, 0.6) is 23.1 Å². The Hall–Kier alpha value is -4.58. The van der Waals surface area contributed by atoms with Gasteiger partial charge >= 0.3 is 6.18 Å². The first-order chi connectivity index (χ1) is 18.5. The number of aromatic nitrogens is 2. The van der Waals surface area contributed by atoms with Crippen molar-refractivity contribution in [1.29, 1.82) is 0 Å². The third-order valence-corrected chi connectivity index (χ3v) is 5.74. The Bertz CT molecular complexity index is 1560. The SMILES string of the molecule is COc1cc2nccc(Oc3ncc(N(C(=O)CC(N)=O)c4cccc(C(F)(F)F)c4)cc3Cl)c2cc1OC. The molecule has 4 rings (SSSR count). The van der Waals surface area contributed by atoms with Gasteiger partial charge in [-0.1, -0.05) is 17.7 Å². The number of rotatable bonds is 8. The molecule has 39 heavy (non-hydrogen) atoms. The molecule has 202 valence electrons. The zero-order chi connectivity index (χ0) is 28.3. The Morgan fingerprint density at radius 2 is 1.69 bits per heavy atom. The van der Waals surface area contributed by atoms with Gasteiger partial charge in [-0.05, 0) is 36.4 Å². The maximum absolute atomic E-state index is 13.3. The van der Waals surface area contributed by atoms with Crippen LogP contribution in [0.15, 0.2) is 60.9 Å². The molecule has 2 amide bonds. The molecule has 2 aromatic carbocycles. The van der Waals surface area contributed by atoms with Crippen LogP contribution in [-0.2, 0) is 15.8 Å². The first kappa shape index (κ1) is 27.5. The first-order valence-electron chi connectivity index (χ1n) is 11.1. The van der Waals surface area contributed by atoms with Gasteiger partial charge in [0.2, 0.25) is 17.7 Å². The largest absolute Gasteiger partial charge is 0.493 e. The molecule has 0 fully saturated rings. The number of carbonyl (C=O) groups excluding carboxylic acids is 2. The summed E-state index contributed by atoms with van der Waals surface area (Å²) in [6.45, 7) is 0. The van der Waals surface area contributed by atoms with E-state index in [1.165, 1.54) is 38.7 Å². The van der Waals surface area contributed by atoms with Gasteiger partial charge in [0, 0.05) is 23.3 Å². The number of pyridine rings is 2. The lowest BCUT2D eigenvalue weighted by Crippen LogP contribution is -2.30. The number of hydrogen-bond donors (Lipinski definition) is 1. The maximum atomic E-state index is 13.3. The fraction of sp³-hybridized carbons (Fsp3) is 0.154. The normalized spacial score (nSPS) is 11.2. The van der Waals surface area contributed by atoms with Crippen molar-refractivity contribution in [2.75, 3.05) is 19.1 Å². The van der Waals surface area contributed by atoms with Crippen LogP contribution in [0.4, 0.5) is 24.5 Å². The standard InChI is InChI=1S/C26H20ClF3N4O5/c1-37-21-10-17-19(11-22(21)38-2)32-7-6-20(17)39-25-18(27)9-16(13-33-25)34(24(36)12-23(31)35)15-5-3-4-14(8-15)26(28,29)30/h3-11,13H,12H2,1-2H3,(H2,31,35). The van der Waals surface area contributed by atoms with Gasteiger partial charge < -0.3 is 19.9 Å². The van der Waals surface area contributed by atoms with Gasteiger partial charge in [0.1, 0.15) is 17.2 Å². The average molecular weight is 561 g/mol. The Kier molecular flexibility index (Phi) is 7.77. The van der Waals surface area contributed by atoms with Crippen molar-refractivity contribution in [1.82, 2.24) is 9.97 Å². The molecule has 0 aliphatic carbocycles. The third kappa shape index (κ3) is 5.96. The summed E-state index contributed by atoms with van der Waals surface area (Å²) in [7, 11) is 2.97. The van der Waals surface area contributed by atoms with E-state index in [1.54, 1.807) is 18.2 Å². The number of benzene rings is 2. The summed E-state index contributed by atoms with van der Waals surface area (Å²) in [5, 5.41) is 0.487. The van der Waals surface area contributed by atoms with Crippen molar-refractivity contribution in [2.45, 2.75) is 12.6 Å². The van der Waals surface area contributed by atoms with Gasteiger partial charge in [0.05, 0.1) is 37.2 Å². The van der Waals surface area contributed by atoms with Crippen molar-refractivity contribution >= 4 is 45.7 Å². The van der Waals surface area contributed by atoms with Gasteiger partial charge in [-0.3, -0.25) is 19.5 Å². The summed E-state index contributed by atoms with van der Waals surface area (Å²) in [5.41, 5.74) is 4.53. The van der Waals surface area contributed by atoms with E-state index >= 15 is 0 Å². The molecule has 9 nitrogen and oxygen atoms in total. The van der Waals surface area contributed by atoms with Crippen molar-refractivity contribution in [3.8, 4) is 23.1 Å². The molecule has 2 aromatic heterocycles. The number of alkyl halides is 3. The molecule has 0 aliphatic heterocycles. The van der Waals surface area contributed by atoms with Crippen LogP contribution < -0.4 is 24.8 Å². The van der Waals surface area contributed by atoms with E-state index in [2.05, 4.69) is 9.97 Å². The van der Waals surface area contributed by atoms with E-state index in [1.807, 2.05) is 0 Å². The molecular formula is C26H20ClF3N4O5. The minimum atomic E-state index is -4.66. The molecule has 0 unspecified atom stereocenters. The van der Waals surface area contributed by atoms with Crippen LogP contribution in [0.25, 0.3) is 10.9 Å². The quantitative estimate of drug-likeness (QED) is 0.277. The van der Waals surface area contributed by atoms with Crippen LogP contribution in [0.1, 0.15) is 12.0 Å². The summed E-state index contributed by atoms with van der Waals surface area (Å²) < 4.78 is 56.5. The van der Waals surface area contributed by atoms with Gasteiger partial charge in [0.25, 0.3) is 0 Å². The van der Waals surface area contributed by atoms with Crippen molar-refractivity contribution in [3.05, 3.63) is 71.5 Å². The highest BCUT2D eigenvalue weighted by molar-refractivity contribution is 6.32. The predicted molar refractivity (Wildman–Crippen MR) is 137 cm³/mol. The minimum absolute atomic E-state index is 0.0103. The number of carbonyl (C=O) groups is 2. The number of halogens is 4. The number of nitrogens with two attached hydrogens (primary N) is 1. The molecule has 0 saturated heterocycles. The number of primary amides is 1. The molecule has 0 atom stereocenters. The van der Waals surface area contributed by atoms with Crippen LogP contribution in [0.3, 0.4) is 0 Å². The summed E-state index contributed by atoms with van der Waals surface area (Å²) in [6.07, 6.45) is -2.75. The highest BCUT2D eigenvalue weighted by atomic mass is 35.5. The monoisotopic (exact) mass is 560 g/mol. The molecule has 0 radical (unpaired) electrons. The fourth-order valence-corrected chi connectivity index (χ4v) is 3.94. The molecule has 0 saturated carbocycles. The van der Waals surface area contributed by atoms with Crippen LogP contribution >= 0.6 is 11.6 Å². The lowest BCUT2D eigenvalue weighted by molar-refractivity contribution is -0.137. The van der Waals surface area contributed by atoms with Crippen LogP contribution in [-0.4, -0.2) is 36.0 Å². The second-order valence-corrected chi connectivity index (χ2v) is 8.44. The predicted octanol–water partition coefficient (Wildman–Crippen LogP) is 5.65. The number of amides is 2. The molecule has 2 N–H and O–H groups in total. The molecule has 0 spiro atoms. The maximum Gasteiger partial charge on any atom is 0.416 e. The topological polar surface area (TPSA) is 117 Å².